The van der Waals surface area contributed by atoms with Crippen molar-refractivity contribution in [2.24, 2.45) is 0 Å². The first kappa shape index (κ1) is 13.1. The van der Waals surface area contributed by atoms with E-state index >= 15 is 0 Å². The summed E-state index contributed by atoms with van der Waals surface area (Å²) in [6.07, 6.45) is 1.52. The van der Waals surface area contributed by atoms with Crippen molar-refractivity contribution in [2.75, 3.05) is 0 Å². The number of benzene rings is 1. The van der Waals surface area contributed by atoms with Gasteiger partial charge in [-0.15, -0.1) is 0 Å². The topological polar surface area (TPSA) is 59.4 Å². The molecule has 2 rings (SSSR count). The molecule has 0 radical (unpaired) electrons. The molecule has 0 atom stereocenters. The van der Waals surface area contributed by atoms with E-state index in [2.05, 4.69) is 4.98 Å². The van der Waals surface area contributed by atoms with E-state index in [-0.39, 0.29) is 17.2 Å². The maximum absolute atomic E-state index is 11.1. The van der Waals surface area contributed by atoms with Gasteiger partial charge in [-0.25, -0.2) is 9.78 Å². The fraction of sp³-hybridized carbons (Fsp3) is 0. The van der Waals surface area contributed by atoms with E-state index in [0.29, 0.717) is 5.02 Å². The predicted molar refractivity (Wildman–Crippen MR) is 75.4 cm³/mol. The zero-order chi connectivity index (χ0) is 13.1. The first-order valence-electron chi connectivity index (χ1n) is 4.89. The van der Waals surface area contributed by atoms with Crippen molar-refractivity contribution < 1.29 is 14.6 Å². The van der Waals surface area contributed by atoms with Crippen LogP contribution in [0.1, 0.15) is 10.4 Å². The van der Waals surface area contributed by atoms with Gasteiger partial charge in [-0.3, -0.25) is 0 Å². The molecule has 92 valence electrons. The number of pyridine rings is 1. The smallest absolute Gasteiger partial charge is 0.339 e. The summed E-state index contributed by atoms with van der Waals surface area (Å²) < 4.78 is 6.24. The number of aromatic nitrogens is 1. The standard InChI is InChI=1S/C12H7ClINO3/c13-9-2-1-5-15-11(9)18-10-4-3-7(14)6-8(10)12(16)17/h1-6H,(H,16,17). The molecule has 1 aromatic heterocycles. The molecule has 0 spiro atoms. The summed E-state index contributed by atoms with van der Waals surface area (Å²) >= 11 is 7.93. The third-order valence-corrected chi connectivity index (χ3v) is 3.06. The Hall–Kier alpha value is -1.34. The van der Waals surface area contributed by atoms with Crippen molar-refractivity contribution in [1.82, 2.24) is 4.98 Å². The van der Waals surface area contributed by atoms with E-state index < -0.39 is 5.97 Å². The zero-order valence-corrected chi connectivity index (χ0v) is 11.8. The van der Waals surface area contributed by atoms with Gasteiger partial charge in [0, 0.05) is 9.77 Å². The van der Waals surface area contributed by atoms with Gasteiger partial charge >= 0.3 is 5.97 Å². The van der Waals surface area contributed by atoms with Gasteiger partial charge < -0.3 is 9.84 Å². The highest BCUT2D eigenvalue weighted by molar-refractivity contribution is 14.1. The second kappa shape index (κ2) is 5.53. The third kappa shape index (κ3) is 2.91. The summed E-state index contributed by atoms with van der Waals surface area (Å²) in [6.45, 7) is 0. The number of carboxylic acids is 1. The Bertz CT molecular complexity index is 604. The molecule has 0 aliphatic rings. The van der Waals surface area contributed by atoms with E-state index in [1.807, 2.05) is 22.6 Å². The van der Waals surface area contributed by atoms with Crippen LogP contribution in [0.4, 0.5) is 0 Å². The molecule has 2 aromatic rings. The SMILES string of the molecule is O=C(O)c1cc(I)ccc1Oc1ncccc1Cl. The number of rotatable bonds is 3. The lowest BCUT2D eigenvalue weighted by molar-refractivity contribution is 0.0694. The molecular formula is C12H7ClINO3. The monoisotopic (exact) mass is 375 g/mol. The van der Waals surface area contributed by atoms with Crippen LogP contribution < -0.4 is 4.74 Å². The normalized spacial score (nSPS) is 10.1. The Kier molecular flexibility index (Phi) is 4.03. The summed E-state index contributed by atoms with van der Waals surface area (Å²) in [6, 6.07) is 8.14. The molecule has 0 aliphatic carbocycles. The molecule has 0 unspecified atom stereocenters. The lowest BCUT2D eigenvalue weighted by atomic mass is 10.2. The van der Waals surface area contributed by atoms with Crippen LogP contribution in [-0.4, -0.2) is 16.1 Å². The second-order valence-corrected chi connectivity index (χ2v) is 4.99. The van der Waals surface area contributed by atoms with Gasteiger partial charge in [0.15, 0.2) is 0 Å². The van der Waals surface area contributed by atoms with Crippen LogP contribution in [0.15, 0.2) is 36.5 Å². The van der Waals surface area contributed by atoms with Gasteiger partial charge in [-0.1, -0.05) is 11.6 Å². The molecule has 1 heterocycles. The van der Waals surface area contributed by atoms with Crippen LogP contribution in [0, 0.1) is 3.57 Å². The molecule has 0 saturated carbocycles. The van der Waals surface area contributed by atoms with Crippen molar-refractivity contribution in [3.63, 3.8) is 0 Å². The second-order valence-electron chi connectivity index (χ2n) is 3.34. The molecule has 18 heavy (non-hydrogen) atoms. The van der Waals surface area contributed by atoms with E-state index in [4.69, 9.17) is 21.4 Å². The first-order chi connectivity index (χ1) is 8.58. The van der Waals surface area contributed by atoms with Gasteiger partial charge in [0.2, 0.25) is 5.88 Å². The summed E-state index contributed by atoms with van der Waals surface area (Å²) in [5, 5.41) is 9.43. The third-order valence-electron chi connectivity index (χ3n) is 2.10. The van der Waals surface area contributed by atoms with Crippen molar-refractivity contribution in [2.45, 2.75) is 0 Å². The number of nitrogens with zero attached hydrogens (tertiary/aromatic N) is 1. The Morgan fingerprint density at radius 2 is 2.17 bits per heavy atom. The minimum atomic E-state index is -1.06. The Labute approximate surface area is 122 Å². The number of aromatic carboxylic acids is 1. The number of carbonyl (C=O) groups is 1. The lowest BCUT2D eigenvalue weighted by Crippen LogP contribution is -2.01. The van der Waals surface area contributed by atoms with E-state index in [9.17, 15) is 4.79 Å². The maximum Gasteiger partial charge on any atom is 0.339 e. The highest BCUT2D eigenvalue weighted by atomic mass is 127. The average Bonchev–Trinajstić information content (AvgIpc) is 2.34. The molecular weight excluding hydrogens is 368 g/mol. The fourth-order valence-corrected chi connectivity index (χ4v) is 1.96. The molecule has 0 fully saturated rings. The van der Waals surface area contributed by atoms with Gasteiger partial charge in [0.05, 0.1) is 0 Å². The largest absolute Gasteiger partial charge is 0.478 e. The fourth-order valence-electron chi connectivity index (χ4n) is 1.31. The molecule has 1 aromatic carbocycles. The van der Waals surface area contributed by atoms with Crippen LogP contribution in [-0.2, 0) is 0 Å². The van der Waals surface area contributed by atoms with Gasteiger partial charge in [-0.2, -0.15) is 0 Å². The van der Waals surface area contributed by atoms with Gasteiger partial charge in [-0.05, 0) is 52.9 Å². The Balaban J connectivity index is 2.41. The van der Waals surface area contributed by atoms with E-state index in [0.717, 1.165) is 3.57 Å². The molecule has 0 aliphatic heterocycles. The van der Waals surface area contributed by atoms with Crippen molar-refractivity contribution in [3.8, 4) is 11.6 Å². The van der Waals surface area contributed by atoms with E-state index in [1.165, 1.54) is 12.3 Å². The maximum atomic E-state index is 11.1. The number of carboxylic acid groups (broad SMARTS) is 1. The van der Waals surface area contributed by atoms with Gasteiger partial charge in [0.1, 0.15) is 16.3 Å². The highest BCUT2D eigenvalue weighted by Gasteiger charge is 2.14. The van der Waals surface area contributed by atoms with Crippen LogP contribution in [0.3, 0.4) is 0 Å². The van der Waals surface area contributed by atoms with Crippen LogP contribution >= 0.6 is 34.2 Å². The van der Waals surface area contributed by atoms with Crippen LogP contribution in [0.2, 0.25) is 5.02 Å². The molecule has 0 bridgehead atoms. The van der Waals surface area contributed by atoms with E-state index in [1.54, 1.807) is 24.3 Å². The predicted octanol–water partition coefficient (Wildman–Crippen LogP) is 3.83. The first-order valence-corrected chi connectivity index (χ1v) is 6.35. The van der Waals surface area contributed by atoms with Crippen LogP contribution in [0.25, 0.3) is 0 Å². The molecule has 6 heteroatoms. The average molecular weight is 376 g/mol. The Morgan fingerprint density at radius 1 is 1.39 bits per heavy atom. The number of ether oxygens (including phenoxy) is 1. The number of hydrogen-bond acceptors (Lipinski definition) is 3. The van der Waals surface area contributed by atoms with Crippen LogP contribution in [0.5, 0.6) is 11.6 Å². The minimum absolute atomic E-state index is 0.0728. The molecule has 0 saturated heterocycles. The molecule has 4 nitrogen and oxygen atoms in total. The minimum Gasteiger partial charge on any atom is -0.478 e. The summed E-state index contributed by atoms with van der Waals surface area (Å²) in [5.74, 6) is -0.665. The zero-order valence-electron chi connectivity index (χ0n) is 8.93. The van der Waals surface area contributed by atoms with Crippen molar-refractivity contribution in [1.29, 1.82) is 0 Å². The highest BCUT2D eigenvalue weighted by Crippen LogP contribution is 2.29. The lowest BCUT2D eigenvalue weighted by Gasteiger charge is -2.09. The Morgan fingerprint density at radius 3 is 2.83 bits per heavy atom. The van der Waals surface area contributed by atoms with Gasteiger partial charge in [0.25, 0.3) is 0 Å². The number of halogens is 2. The summed E-state index contributed by atoms with van der Waals surface area (Å²) in [7, 11) is 0. The van der Waals surface area contributed by atoms with Crippen molar-refractivity contribution >= 4 is 40.2 Å². The van der Waals surface area contributed by atoms with Crippen molar-refractivity contribution in [3.05, 3.63) is 50.7 Å². The molecule has 1 N–H and O–H groups in total. The summed E-state index contributed by atoms with van der Waals surface area (Å²) in [5.41, 5.74) is 0.0728. The summed E-state index contributed by atoms with van der Waals surface area (Å²) in [4.78, 5) is 15.1. The number of hydrogen-bond donors (Lipinski definition) is 1. The quantitative estimate of drug-likeness (QED) is 0.828. The molecule has 0 amide bonds.